The predicted octanol–water partition coefficient (Wildman–Crippen LogP) is 3.81. The molecule has 0 aliphatic carbocycles. The van der Waals surface area contributed by atoms with Crippen molar-refractivity contribution in [3.05, 3.63) is 64.7 Å². The Morgan fingerprint density at radius 1 is 1.00 bits per heavy atom. The Hall–Kier alpha value is -2.77. The summed E-state index contributed by atoms with van der Waals surface area (Å²) < 4.78 is 0. The maximum atomic E-state index is 12.3. The topological polar surface area (TPSA) is 92.2 Å². The van der Waals surface area contributed by atoms with E-state index in [1.54, 1.807) is 30.3 Å². The molecule has 0 radical (unpaired) electrons. The molecule has 120 valence electrons. The third-order valence-corrected chi connectivity index (χ3v) is 4.35. The summed E-state index contributed by atoms with van der Waals surface area (Å²) in [6.45, 7) is 0. The van der Waals surface area contributed by atoms with Crippen LogP contribution in [0.2, 0.25) is 5.02 Å². The average Bonchev–Trinajstić information content (AvgIpc) is 3.03. The second kappa shape index (κ2) is 6.77. The largest absolute Gasteiger partial charge is 0.478 e. The number of carbonyl (C=O) groups is 2. The van der Waals surface area contributed by atoms with E-state index in [9.17, 15) is 9.59 Å². The first-order chi connectivity index (χ1) is 11.6. The van der Waals surface area contributed by atoms with Gasteiger partial charge in [-0.15, -0.1) is 10.2 Å². The molecule has 3 aromatic rings. The molecule has 1 aromatic heterocycles. The van der Waals surface area contributed by atoms with Gasteiger partial charge >= 0.3 is 5.97 Å². The van der Waals surface area contributed by atoms with Crippen LogP contribution in [0, 0.1) is 0 Å². The number of anilines is 1. The van der Waals surface area contributed by atoms with E-state index >= 15 is 0 Å². The van der Waals surface area contributed by atoms with Crippen molar-refractivity contribution in [3.63, 3.8) is 0 Å². The number of nitrogens with zero attached hydrogens (tertiary/aromatic N) is 2. The van der Waals surface area contributed by atoms with E-state index in [1.165, 1.54) is 12.1 Å². The molecule has 1 heterocycles. The second-order valence-electron chi connectivity index (χ2n) is 4.70. The van der Waals surface area contributed by atoms with Crippen molar-refractivity contribution in [3.8, 4) is 10.6 Å². The van der Waals surface area contributed by atoms with Crippen molar-refractivity contribution in [1.29, 1.82) is 0 Å². The van der Waals surface area contributed by atoms with Gasteiger partial charge < -0.3 is 5.11 Å². The molecule has 6 nitrogen and oxygen atoms in total. The Kier molecular flexibility index (Phi) is 4.54. The molecule has 8 heteroatoms. The highest BCUT2D eigenvalue weighted by molar-refractivity contribution is 7.18. The van der Waals surface area contributed by atoms with Crippen molar-refractivity contribution in [1.82, 2.24) is 10.2 Å². The van der Waals surface area contributed by atoms with E-state index in [0.717, 1.165) is 11.3 Å². The zero-order valence-electron chi connectivity index (χ0n) is 12.1. The molecule has 2 aromatic carbocycles. The van der Waals surface area contributed by atoms with Crippen LogP contribution >= 0.6 is 22.9 Å². The Morgan fingerprint density at radius 2 is 1.67 bits per heavy atom. The number of aromatic nitrogens is 2. The molecule has 0 unspecified atom stereocenters. The fourth-order valence-electron chi connectivity index (χ4n) is 2.05. The summed E-state index contributed by atoms with van der Waals surface area (Å²) in [6.07, 6.45) is 0. The van der Waals surface area contributed by atoms with Gasteiger partial charge in [-0.1, -0.05) is 53.3 Å². The van der Waals surface area contributed by atoms with Gasteiger partial charge in [0.25, 0.3) is 5.91 Å². The summed E-state index contributed by atoms with van der Waals surface area (Å²) in [5, 5.41) is 21.0. The van der Waals surface area contributed by atoms with Gasteiger partial charge in [0.15, 0.2) is 5.01 Å². The molecule has 3 rings (SSSR count). The lowest BCUT2D eigenvalue weighted by molar-refractivity contribution is 0.0692. The molecule has 0 aliphatic heterocycles. The third kappa shape index (κ3) is 3.27. The van der Waals surface area contributed by atoms with Crippen LogP contribution in [0.4, 0.5) is 5.13 Å². The number of nitrogens with one attached hydrogen (secondary N) is 1. The highest BCUT2D eigenvalue weighted by atomic mass is 35.5. The number of benzene rings is 2. The standard InChI is InChI=1S/C16H10ClN3O3S/c17-12-8-4-3-7-11(12)14-19-20-16(24-14)18-13(21)9-5-1-2-6-10(9)15(22)23/h1-8H,(H,22,23)(H,18,20,21). The third-order valence-electron chi connectivity index (χ3n) is 3.15. The molecule has 0 aliphatic rings. The first-order valence-electron chi connectivity index (χ1n) is 6.78. The number of halogens is 1. The zero-order chi connectivity index (χ0) is 17.1. The maximum Gasteiger partial charge on any atom is 0.336 e. The van der Waals surface area contributed by atoms with Crippen molar-refractivity contribution in [2.75, 3.05) is 5.32 Å². The van der Waals surface area contributed by atoms with Gasteiger partial charge in [-0.3, -0.25) is 10.1 Å². The number of rotatable bonds is 4. The van der Waals surface area contributed by atoms with Crippen LogP contribution in [0.1, 0.15) is 20.7 Å². The first kappa shape index (κ1) is 16.1. The lowest BCUT2D eigenvalue weighted by Crippen LogP contribution is -2.16. The van der Waals surface area contributed by atoms with Gasteiger partial charge in [0, 0.05) is 5.56 Å². The number of carbonyl (C=O) groups excluding carboxylic acids is 1. The van der Waals surface area contributed by atoms with E-state index in [-0.39, 0.29) is 16.3 Å². The van der Waals surface area contributed by atoms with Crippen LogP contribution in [0.25, 0.3) is 10.6 Å². The molecular formula is C16H10ClN3O3S. The number of carboxylic acids is 1. The smallest absolute Gasteiger partial charge is 0.336 e. The Bertz CT molecular complexity index is 926. The molecule has 0 spiro atoms. The minimum Gasteiger partial charge on any atom is -0.478 e. The summed E-state index contributed by atoms with van der Waals surface area (Å²) >= 11 is 7.26. The molecule has 1 amide bonds. The van der Waals surface area contributed by atoms with Crippen LogP contribution in [-0.4, -0.2) is 27.2 Å². The van der Waals surface area contributed by atoms with E-state index in [4.69, 9.17) is 16.7 Å². The molecule has 0 fully saturated rings. The molecule has 0 saturated heterocycles. The summed E-state index contributed by atoms with van der Waals surface area (Å²) in [5.74, 6) is -1.73. The normalized spacial score (nSPS) is 10.4. The number of amides is 1. The summed E-state index contributed by atoms with van der Waals surface area (Å²) in [5.41, 5.74) is 0.688. The quantitative estimate of drug-likeness (QED) is 0.739. The van der Waals surface area contributed by atoms with E-state index in [0.29, 0.717) is 15.6 Å². The van der Waals surface area contributed by atoms with Crippen LogP contribution in [0.3, 0.4) is 0 Å². The van der Waals surface area contributed by atoms with Gasteiger partial charge in [-0.2, -0.15) is 0 Å². The number of carboxylic acid groups (broad SMARTS) is 1. The van der Waals surface area contributed by atoms with Gasteiger partial charge in [0.05, 0.1) is 16.1 Å². The highest BCUT2D eigenvalue weighted by Crippen LogP contribution is 2.31. The lowest BCUT2D eigenvalue weighted by Gasteiger charge is -2.04. The molecule has 0 atom stereocenters. The van der Waals surface area contributed by atoms with Crippen molar-refractivity contribution in [2.45, 2.75) is 0 Å². The Labute approximate surface area is 145 Å². The number of hydrogen-bond donors (Lipinski definition) is 2. The van der Waals surface area contributed by atoms with Gasteiger partial charge in [-0.05, 0) is 18.2 Å². The van der Waals surface area contributed by atoms with Crippen LogP contribution in [0.5, 0.6) is 0 Å². The molecule has 0 saturated carbocycles. The predicted molar refractivity (Wildman–Crippen MR) is 91.7 cm³/mol. The molecule has 0 bridgehead atoms. The summed E-state index contributed by atoms with van der Waals surface area (Å²) in [7, 11) is 0. The van der Waals surface area contributed by atoms with E-state index in [2.05, 4.69) is 15.5 Å². The van der Waals surface area contributed by atoms with Crippen LogP contribution in [0.15, 0.2) is 48.5 Å². The molecular weight excluding hydrogens is 350 g/mol. The van der Waals surface area contributed by atoms with Gasteiger partial charge in [0.1, 0.15) is 0 Å². The lowest BCUT2D eigenvalue weighted by atomic mass is 10.1. The van der Waals surface area contributed by atoms with E-state index < -0.39 is 11.9 Å². The fourth-order valence-corrected chi connectivity index (χ4v) is 3.11. The van der Waals surface area contributed by atoms with Crippen LogP contribution < -0.4 is 5.32 Å². The van der Waals surface area contributed by atoms with Crippen molar-refractivity contribution >= 4 is 39.9 Å². The summed E-state index contributed by atoms with van der Waals surface area (Å²) in [6, 6.07) is 13.1. The second-order valence-corrected chi connectivity index (χ2v) is 6.08. The first-order valence-corrected chi connectivity index (χ1v) is 7.98. The minimum atomic E-state index is -1.17. The Balaban J connectivity index is 1.84. The SMILES string of the molecule is O=C(O)c1ccccc1C(=O)Nc1nnc(-c2ccccc2Cl)s1. The average molecular weight is 360 g/mol. The zero-order valence-corrected chi connectivity index (χ0v) is 13.6. The summed E-state index contributed by atoms with van der Waals surface area (Å²) in [4.78, 5) is 23.5. The number of hydrogen-bond acceptors (Lipinski definition) is 5. The van der Waals surface area contributed by atoms with Crippen molar-refractivity contribution < 1.29 is 14.7 Å². The molecule has 2 N–H and O–H groups in total. The monoisotopic (exact) mass is 359 g/mol. The number of aromatic carboxylic acids is 1. The highest BCUT2D eigenvalue weighted by Gasteiger charge is 2.18. The van der Waals surface area contributed by atoms with E-state index in [1.807, 2.05) is 6.07 Å². The van der Waals surface area contributed by atoms with Gasteiger partial charge in [-0.25, -0.2) is 4.79 Å². The van der Waals surface area contributed by atoms with Crippen LogP contribution in [-0.2, 0) is 0 Å². The Morgan fingerprint density at radius 3 is 2.38 bits per heavy atom. The van der Waals surface area contributed by atoms with Gasteiger partial charge in [0.2, 0.25) is 5.13 Å². The maximum absolute atomic E-state index is 12.3. The fraction of sp³-hybridized carbons (Fsp3) is 0. The molecule has 24 heavy (non-hydrogen) atoms. The minimum absolute atomic E-state index is 0.0551. The van der Waals surface area contributed by atoms with Crippen molar-refractivity contribution in [2.24, 2.45) is 0 Å².